The minimum Gasteiger partial charge on any atom is -0.322 e. The predicted molar refractivity (Wildman–Crippen MR) is 92.8 cm³/mol. The zero-order valence-electron chi connectivity index (χ0n) is 12.2. The van der Waals surface area contributed by atoms with Gasteiger partial charge in [-0.3, -0.25) is 4.57 Å². The summed E-state index contributed by atoms with van der Waals surface area (Å²) in [5, 5.41) is -0.865. The molecule has 0 aromatic carbocycles. The van der Waals surface area contributed by atoms with Crippen LogP contribution in [0, 0.1) is 0 Å². The lowest BCUT2D eigenvalue weighted by Gasteiger charge is -2.22. The van der Waals surface area contributed by atoms with E-state index in [1.807, 2.05) is 62.8 Å². The molecule has 13 heteroatoms. The van der Waals surface area contributed by atoms with Gasteiger partial charge in [0.2, 0.25) is 0 Å². The molecule has 84 valence electrons. The molecule has 0 bridgehead atoms. The Morgan fingerprint density at radius 2 is 0.882 bits per heavy atom. The predicted octanol–water partition coefficient (Wildman–Crippen LogP) is -8.60. The van der Waals surface area contributed by atoms with E-state index >= 15 is 0 Å². The van der Waals surface area contributed by atoms with E-state index in [9.17, 15) is 9.46 Å². The van der Waals surface area contributed by atoms with Gasteiger partial charge in [-0.2, -0.15) is 0 Å². The molecule has 0 unspecified atom stereocenters. The molecule has 2 aliphatic heterocycles. The highest BCUT2D eigenvalue weighted by Crippen LogP contribution is 2.73. The summed E-state index contributed by atoms with van der Waals surface area (Å²) in [6.45, 7) is 0. The molecule has 2 fully saturated rings. The Bertz CT molecular complexity index is 373. The average Bonchev–Trinajstić information content (AvgIpc) is 2.56. The molecule has 2 aliphatic rings. The van der Waals surface area contributed by atoms with Crippen LogP contribution in [0.2, 0.25) is 0 Å². The zero-order valence-corrected chi connectivity index (χ0v) is 13.1. The first-order valence-corrected chi connectivity index (χ1v) is 7.74. The van der Waals surface area contributed by atoms with Crippen LogP contribution in [-0.2, 0) is 4.57 Å². The van der Waals surface area contributed by atoms with E-state index in [0.29, 0.717) is 0 Å². The van der Waals surface area contributed by atoms with Crippen LogP contribution in [0.3, 0.4) is 0 Å². The first kappa shape index (κ1) is 14.0. The molecule has 0 atom stereocenters. The molecule has 0 aromatic rings. The Hall–Kier alpha value is 0.629. The molecule has 0 amide bonds. The standard InChI is InChI=1S/C4H17B8N2O2P/c5-1(6)2(7,8)13(1)17(15,16)14-3(9,10)4(14,11)12/h5-12H2,(H,15,16). The number of hydrogen-bond acceptors (Lipinski definition) is 1. The van der Waals surface area contributed by atoms with Gasteiger partial charge < -0.3 is 4.89 Å². The Balaban J connectivity index is 2.34. The molecule has 0 saturated carbocycles. The second-order valence-electron chi connectivity index (χ2n) is 7.37. The van der Waals surface area contributed by atoms with Crippen LogP contribution in [0.1, 0.15) is 0 Å². The van der Waals surface area contributed by atoms with Crippen molar-refractivity contribution in [2.45, 2.75) is 21.4 Å². The van der Waals surface area contributed by atoms with Crippen LogP contribution in [0.15, 0.2) is 0 Å². The quantitative estimate of drug-likeness (QED) is 0.297. The van der Waals surface area contributed by atoms with Gasteiger partial charge in [0, 0.05) is 0 Å². The third-order valence-electron chi connectivity index (χ3n) is 5.53. The third kappa shape index (κ3) is 1.39. The highest BCUT2D eigenvalue weighted by atomic mass is 31.2. The fourth-order valence-electron chi connectivity index (χ4n) is 3.18. The van der Waals surface area contributed by atoms with Crippen molar-refractivity contribution in [3.05, 3.63) is 0 Å². The monoisotopic (exact) mass is 244 g/mol. The molecule has 17 heavy (non-hydrogen) atoms. The Kier molecular flexibility index (Phi) is 2.50. The molecule has 0 radical (unpaired) electrons. The first-order valence-electron chi connectivity index (χ1n) is 6.18. The molecule has 0 spiro atoms. The van der Waals surface area contributed by atoms with Gasteiger partial charge in [-0.25, -0.2) is 9.34 Å². The number of hydrogen-bond donors (Lipinski definition) is 1. The van der Waals surface area contributed by atoms with Crippen LogP contribution in [0.25, 0.3) is 0 Å². The molecule has 2 saturated heterocycles. The smallest absolute Gasteiger partial charge is 0.322 e. The highest BCUT2D eigenvalue weighted by molar-refractivity contribution is 7.55. The van der Waals surface area contributed by atoms with Crippen LogP contribution < -0.4 is 0 Å². The maximum Gasteiger partial charge on any atom is 0.340 e. The maximum atomic E-state index is 12.8. The summed E-state index contributed by atoms with van der Waals surface area (Å²) >= 11 is 0. The molecule has 4 nitrogen and oxygen atoms in total. The lowest BCUT2D eigenvalue weighted by molar-refractivity contribution is 0.389. The number of nitrogens with zero attached hydrogens (tertiary/aromatic N) is 2. The van der Waals surface area contributed by atoms with Gasteiger partial charge in [0.05, 0.1) is 0 Å². The van der Waals surface area contributed by atoms with Gasteiger partial charge >= 0.3 is 7.67 Å². The Morgan fingerprint density at radius 1 is 0.706 bits per heavy atom. The van der Waals surface area contributed by atoms with E-state index in [-0.39, 0.29) is 21.4 Å². The fraction of sp³-hybridized carbons (Fsp3) is 1.00. The van der Waals surface area contributed by atoms with E-state index in [1.165, 1.54) is 0 Å². The Morgan fingerprint density at radius 3 is 1.00 bits per heavy atom. The summed E-state index contributed by atoms with van der Waals surface area (Å²) in [7, 11) is 12.8. The van der Waals surface area contributed by atoms with E-state index in [0.717, 1.165) is 0 Å². The van der Waals surface area contributed by atoms with E-state index in [1.54, 1.807) is 9.34 Å². The van der Waals surface area contributed by atoms with Gasteiger partial charge in [0.25, 0.3) is 0 Å². The summed E-state index contributed by atoms with van der Waals surface area (Å²) in [4.78, 5) is 10.5. The van der Waals surface area contributed by atoms with E-state index in [2.05, 4.69) is 0 Å². The molecular formula is C4H17B8N2O2P. The van der Waals surface area contributed by atoms with E-state index < -0.39 is 7.67 Å². The third-order valence-corrected chi connectivity index (χ3v) is 8.58. The lowest BCUT2D eigenvalue weighted by atomic mass is 9.49. The van der Waals surface area contributed by atoms with Crippen molar-refractivity contribution < 1.29 is 9.46 Å². The van der Waals surface area contributed by atoms with Crippen molar-refractivity contribution in [2.75, 3.05) is 0 Å². The van der Waals surface area contributed by atoms with Crippen LogP contribution >= 0.6 is 7.67 Å². The van der Waals surface area contributed by atoms with Crippen molar-refractivity contribution in [1.82, 2.24) is 9.34 Å². The van der Waals surface area contributed by atoms with E-state index in [4.69, 9.17) is 0 Å². The molecule has 2 rings (SSSR count). The second-order valence-corrected chi connectivity index (χ2v) is 9.20. The van der Waals surface area contributed by atoms with Gasteiger partial charge in [0.1, 0.15) is 62.8 Å². The van der Waals surface area contributed by atoms with Gasteiger partial charge in [-0.1, -0.05) is 0 Å². The molecule has 1 N–H and O–H groups in total. The minimum atomic E-state index is -3.43. The summed E-state index contributed by atoms with van der Waals surface area (Å²) in [5.74, 6) is 0. The molecule has 0 aliphatic carbocycles. The second kappa shape index (κ2) is 3.03. The molecule has 2 heterocycles. The van der Waals surface area contributed by atoms with Gasteiger partial charge in [-0.15, -0.1) is 0 Å². The largest absolute Gasteiger partial charge is 0.340 e. The van der Waals surface area contributed by atoms with Crippen LogP contribution in [-0.4, -0.2) is 98.4 Å². The van der Waals surface area contributed by atoms with Gasteiger partial charge in [-0.05, 0) is 21.4 Å². The molecular weight excluding hydrogens is 226 g/mol. The van der Waals surface area contributed by atoms with Crippen LogP contribution in [0.5, 0.6) is 0 Å². The van der Waals surface area contributed by atoms with Crippen molar-refractivity contribution in [3.8, 4) is 0 Å². The summed E-state index contributed by atoms with van der Waals surface area (Å²) in [5.41, 5.74) is 0. The zero-order chi connectivity index (χ0) is 13.7. The van der Waals surface area contributed by atoms with Gasteiger partial charge in [0.15, 0.2) is 0 Å². The topological polar surface area (TPSA) is 43.3 Å². The SMILES string of the molecule is BC1(B)N(P(=O)(O)N2C(B)(B)C2(B)B)C1(B)B. The van der Waals surface area contributed by atoms with Crippen molar-refractivity contribution in [2.24, 2.45) is 0 Å². The lowest BCUT2D eigenvalue weighted by Crippen LogP contribution is -2.26. The summed E-state index contributed by atoms with van der Waals surface area (Å²) in [6.07, 6.45) is 0. The Labute approximate surface area is 111 Å². The van der Waals surface area contributed by atoms with Crippen LogP contribution in [0.4, 0.5) is 0 Å². The summed E-state index contributed by atoms with van der Waals surface area (Å²) in [6, 6.07) is 0. The minimum absolute atomic E-state index is 0.216. The maximum absolute atomic E-state index is 12.8. The van der Waals surface area contributed by atoms with Crippen molar-refractivity contribution >= 4 is 70.4 Å². The molecule has 0 aromatic heterocycles. The normalized spacial score (nSPS) is 33.0. The number of rotatable bonds is 2. The summed E-state index contributed by atoms with van der Waals surface area (Å²) < 4.78 is 16.3. The van der Waals surface area contributed by atoms with Crippen molar-refractivity contribution in [3.63, 3.8) is 0 Å². The highest BCUT2D eigenvalue weighted by Gasteiger charge is 2.77. The first-order chi connectivity index (χ1) is 7.23. The fourth-order valence-corrected chi connectivity index (χ4v) is 6.85. The average molecular weight is 243 g/mol. The van der Waals surface area contributed by atoms with Crippen molar-refractivity contribution in [1.29, 1.82) is 0 Å².